The number of carboxylic acid groups (broad SMARTS) is 1. The minimum Gasteiger partial charge on any atom is -0.487 e. The quantitative estimate of drug-likeness (QED) is 0.193. The Labute approximate surface area is 240 Å². The van der Waals surface area contributed by atoms with E-state index in [-0.39, 0.29) is 17.9 Å². The summed E-state index contributed by atoms with van der Waals surface area (Å²) in [5.74, 6) is -2.36. The number of nitrogens with one attached hydrogen (secondary N) is 1. The predicted octanol–water partition coefficient (Wildman–Crippen LogP) is 7.45. The van der Waals surface area contributed by atoms with Crippen molar-refractivity contribution in [2.45, 2.75) is 24.7 Å². The van der Waals surface area contributed by atoms with Gasteiger partial charge in [0.2, 0.25) is 0 Å². The van der Waals surface area contributed by atoms with Crippen LogP contribution in [0.4, 0.5) is 13.2 Å². The lowest BCUT2D eigenvalue weighted by Gasteiger charge is -2.26. The maximum atomic E-state index is 13.8. The molecule has 8 heteroatoms. The second-order valence-corrected chi connectivity index (χ2v) is 9.74. The summed E-state index contributed by atoms with van der Waals surface area (Å²) in [5.41, 5.74) is 1.23. The number of alkyl halides is 3. The van der Waals surface area contributed by atoms with Gasteiger partial charge in [0.05, 0.1) is 11.1 Å². The number of carboxylic acids is 1. The Morgan fingerprint density at radius 2 is 1.31 bits per heavy atom. The molecular weight excluding hydrogens is 543 g/mol. The van der Waals surface area contributed by atoms with Gasteiger partial charge in [-0.15, -0.1) is 0 Å². The molecule has 0 aromatic heterocycles. The number of carbonyl (C=O) groups excluding carboxylic acids is 1. The Hall–Kier alpha value is -5.11. The summed E-state index contributed by atoms with van der Waals surface area (Å²) in [6.07, 6.45) is -4.46. The Morgan fingerprint density at radius 1 is 0.738 bits per heavy atom. The van der Waals surface area contributed by atoms with Gasteiger partial charge in [0, 0.05) is 11.3 Å². The van der Waals surface area contributed by atoms with Crippen molar-refractivity contribution in [2.75, 3.05) is 0 Å². The zero-order valence-corrected chi connectivity index (χ0v) is 22.2. The van der Waals surface area contributed by atoms with Gasteiger partial charge in [0.15, 0.2) is 0 Å². The average Bonchev–Trinajstić information content (AvgIpc) is 3.00. The molecule has 2 N–H and O–H groups in total. The Kier molecular flexibility index (Phi) is 8.24. The maximum absolute atomic E-state index is 13.8. The van der Waals surface area contributed by atoms with Crippen molar-refractivity contribution in [3.8, 4) is 5.75 Å². The van der Waals surface area contributed by atoms with Gasteiger partial charge in [-0.2, -0.15) is 13.2 Å². The van der Waals surface area contributed by atoms with Gasteiger partial charge >= 0.3 is 12.1 Å². The summed E-state index contributed by atoms with van der Waals surface area (Å²) in [6, 6.07) is 31.9. The lowest BCUT2D eigenvalue weighted by Crippen LogP contribution is -2.45. The van der Waals surface area contributed by atoms with Crippen molar-refractivity contribution in [2.24, 2.45) is 0 Å². The van der Waals surface area contributed by atoms with Crippen LogP contribution in [0.2, 0.25) is 0 Å². The van der Waals surface area contributed by atoms with Crippen molar-refractivity contribution in [3.05, 3.63) is 149 Å². The zero-order chi connectivity index (χ0) is 29.7. The van der Waals surface area contributed by atoms with Crippen LogP contribution in [-0.2, 0) is 17.6 Å². The first-order valence-corrected chi connectivity index (χ1v) is 13.2. The molecule has 5 rings (SSSR count). The number of rotatable bonds is 9. The maximum Gasteiger partial charge on any atom is 0.416 e. The molecule has 5 aromatic carbocycles. The van der Waals surface area contributed by atoms with Crippen molar-refractivity contribution < 1.29 is 32.6 Å². The smallest absolute Gasteiger partial charge is 0.416 e. The summed E-state index contributed by atoms with van der Waals surface area (Å²) < 4.78 is 45.1. The molecule has 0 aliphatic rings. The topological polar surface area (TPSA) is 75.6 Å². The van der Waals surface area contributed by atoms with Gasteiger partial charge < -0.3 is 15.2 Å². The van der Waals surface area contributed by atoms with Crippen LogP contribution in [0.15, 0.2) is 121 Å². The summed E-state index contributed by atoms with van der Waals surface area (Å²) in [6.45, 7) is -0.106. The minimum absolute atomic E-state index is 0.103. The van der Waals surface area contributed by atoms with E-state index in [0.717, 1.165) is 17.5 Å². The van der Waals surface area contributed by atoms with E-state index in [1.54, 1.807) is 24.3 Å². The number of benzene rings is 5. The highest BCUT2D eigenvalue weighted by atomic mass is 19.4. The van der Waals surface area contributed by atoms with E-state index in [2.05, 4.69) is 5.32 Å². The largest absolute Gasteiger partial charge is 0.487 e. The van der Waals surface area contributed by atoms with Crippen LogP contribution in [0.25, 0.3) is 10.8 Å². The molecule has 42 heavy (non-hydrogen) atoms. The van der Waals surface area contributed by atoms with Gasteiger partial charge in [-0.1, -0.05) is 103 Å². The third-order valence-corrected chi connectivity index (χ3v) is 6.99. The molecule has 1 amide bonds. The van der Waals surface area contributed by atoms with Gasteiger partial charge in [0.25, 0.3) is 5.91 Å². The Bertz CT molecular complexity index is 1650. The molecule has 5 nitrogen and oxygen atoms in total. The van der Waals surface area contributed by atoms with E-state index in [1.807, 2.05) is 72.8 Å². The summed E-state index contributed by atoms with van der Waals surface area (Å²) >= 11 is 0. The van der Waals surface area contributed by atoms with E-state index < -0.39 is 35.6 Å². The standard InChI is InChI=1S/C34H26F3NO4/c35-34(36,37)26-18-15-22(16-19-26)21-42-31-27-14-8-7-9-23(27)17-20-28(31)32(39)38-30(33(40)41)29(24-10-3-1-4-11-24)25-12-5-2-6-13-25/h1-20,29-30H,21H2,(H,38,39)(H,40,41). The van der Waals surface area contributed by atoms with Crippen LogP contribution in [0.1, 0.15) is 38.5 Å². The third kappa shape index (κ3) is 6.28. The molecule has 0 aliphatic carbocycles. The second-order valence-electron chi connectivity index (χ2n) is 9.74. The number of carbonyl (C=O) groups is 2. The molecule has 5 aromatic rings. The Balaban J connectivity index is 1.49. The monoisotopic (exact) mass is 569 g/mol. The van der Waals surface area contributed by atoms with Crippen molar-refractivity contribution in [1.29, 1.82) is 0 Å². The number of hydrogen-bond acceptors (Lipinski definition) is 3. The number of aliphatic carboxylic acids is 1. The zero-order valence-electron chi connectivity index (χ0n) is 22.2. The SMILES string of the molecule is O=C(NC(C(=O)O)C(c1ccccc1)c1ccccc1)c1ccc2ccccc2c1OCc1ccc(C(F)(F)F)cc1. The first-order valence-electron chi connectivity index (χ1n) is 13.2. The first-order chi connectivity index (χ1) is 20.2. The third-order valence-electron chi connectivity index (χ3n) is 6.99. The fourth-order valence-electron chi connectivity index (χ4n) is 4.93. The highest BCUT2D eigenvalue weighted by Gasteiger charge is 2.33. The molecule has 0 saturated carbocycles. The molecule has 1 atom stereocenters. The fourth-order valence-corrected chi connectivity index (χ4v) is 4.93. The molecule has 0 fully saturated rings. The van der Waals surface area contributed by atoms with Gasteiger partial charge in [-0.25, -0.2) is 4.79 Å². The van der Waals surface area contributed by atoms with Crippen LogP contribution in [-0.4, -0.2) is 23.0 Å². The van der Waals surface area contributed by atoms with Crippen molar-refractivity contribution >= 4 is 22.6 Å². The van der Waals surface area contributed by atoms with E-state index in [1.165, 1.54) is 12.1 Å². The van der Waals surface area contributed by atoms with Crippen molar-refractivity contribution in [1.82, 2.24) is 5.32 Å². The van der Waals surface area contributed by atoms with Crippen LogP contribution in [0.5, 0.6) is 5.75 Å². The highest BCUT2D eigenvalue weighted by molar-refractivity contribution is 6.05. The average molecular weight is 570 g/mol. The number of ether oxygens (including phenoxy) is 1. The van der Waals surface area contributed by atoms with E-state index in [0.29, 0.717) is 22.1 Å². The van der Waals surface area contributed by atoms with E-state index in [9.17, 15) is 27.9 Å². The molecule has 212 valence electrons. The highest BCUT2D eigenvalue weighted by Crippen LogP contribution is 2.33. The number of halogens is 3. The molecule has 1 unspecified atom stereocenters. The Morgan fingerprint density at radius 3 is 1.88 bits per heavy atom. The molecule has 0 aliphatic heterocycles. The van der Waals surface area contributed by atoms with Gasteiger partial charge in [0.1, 0.15) is 18.4 Å². The minimum atomic E-state index is -4.46. The number of hydrogen-bond donors (Lipinski definition) is 2. The lowest BCUT2D eigenvalue weighted by molar-refractivity contribution is -0.139. The lowest BCUT2D eigenvalue weighted by atomic mass is 9.84. The predicted molar refractivity (Wildman–Crippen MR) is 153 cm³/mol. The normalized spacial score (nSPS) is 12.2. The van der Waals surface area contributed by atoms with Gasteiger partial charge in [-0.05, 0) is 40.3 Å². The van der Waals surface area contributed by atoms with Crippen LogP contribution in [0, 0.1) is 0 Å². The number of amides is 1. The molecule has 0 radical (unpaired) electrons. The number of fused-ring (bicyclic) bond motifs is 1. The molecule has 0 bridgehead atoms. The second kappa shape index (κ2) is 12.2. The molecule has 0 spiro atoms. The molecular formula is C34H26F3NO4. The van der Waals surface area contributed by atoms with Gasteiger partial charge in [-0.3, -0.25) is 4.79 Å². The fraction of sp³-hybridized carbons (Fsp3) is 0.118. The van der Waals surface area contributed by atoms with Crippen molar-refractivity contribution in [3.63, 3.8) is 0 Å². The van der Waals surface area contributed by atoms with Crippen LogP contribution < -0.4 is 10.1 Å². The summed E-state index contributed by atoms with van der Waals surface area (Å²) in [4.78, 5) is 26.4. The van der Waals surface area contributed by atoms with Crippen LogP contribution >= 0.6 is 0 Å². The van der Waals surface area contributed by atoms with Crippen LogP contribution in [0.3, 0.4) is 0 Å². The first kappa shape index (κ1) is 28.4. The summed E-state index contributed by atoms with van der Waals surface area (Å²) in [7, 11) is 0. The van der Waals surface area contributed by atoms with E-state index >= 15 is 0 Å². The molecule has 0 saturated heterocycles. The van der Waals surface area contributed by atoms with E-state index in [4.69, 9.17) is 4.74 Å². The molecule has 0 heterocycles. The summed E-state index contributed by atoms with van der Waals surface area (Å²) in [5, 5.41) is 14.4.